The molecule has 2 N–H and O–H groups in total. The van der Waals surface area contributed by atoms with Crippen molar-refractivity contribution in [3.63, 3.8) is 0 Å². The molecule has 0 radical (unpaired) electrons. The Balaban J connectivity index is 2.70. The van der Waals surface area contributed by atoms with Crippen LogP contribution in [-0.2, 0) is 10.9 Å². The van der Waals surface area contributed by atoms with Gasteiger partial charge in [-0.15, -0.1) is 0 Å². The number of pyridine rings is 1. The fraction of sp³-hybridized carbons (Fsp3) is 0.231. The topological polar surface area (TPSA) is 65.2 Å². The van der Waals surface area contributed by atoms with Gasteiger partial charge in [-0.25, -0.2) is 9.78 Å². The number of rotatable bonds is 2. The summed E-state index contributed by atoms with van der Waals surface area (Å²) in [6.45, 7) is 1.50. The van der Waals surface area contributed by atoms with E-state index in [-0.39, 0.29) is 12.1 Å². The van der Waals surface area contributed by atoms with Crippen LogP contribution in [0.5, 0.6) is 0 Å². The lowest BCUT2D eigenvalue weighted by molar-refractivity contribution is -0.141. The third-order valence-electron chi connectivity index (χ3n) is 2.61. The zero-order chi connectivity index (χ0) is 14.9. The number of nitrogen functional groups attached to an aromatic ring is 1. The molecule has 0 atom stereocenters. The van der Waals surface area contributed by atoms with Crippen molar-refractivity contribution in [1.82, 2.24) is 4.98 Å². The molecule has 0 bridgehead atoms. The molecule has 0 aliphatic carbocycles. The second kappa shape index (κ2) is 4.99. The van der Waals surface area contributed by atoms with Crippen molar-refractivity contribution in [2.24, 2.45) is 0 Å². The van der Waals surface area contributed by atoms with Crippen molar-refractivity contribution in [3.05, 3.63) is 35.5 Å². The average Bonchev–Trinajstić information content (AvgIpc) is 2.36. The number of fused-ring (bicyclic) bond motifs is 1. The van der Waals surface area contributed by atoms with E-state index in [9.17, 15) is 18.0 Å². The second-order valence-electron chi connectivity index (χ2n) is 4.05. The third-order valence-corrected chi connectivity index (χ3v) is 2.61. The van der Waals surface area contributed by atoms with E-state index >= 15 is 0 Å². The van der Waals surface area contributed by atoms with Crippen LogP contribution in [-0.4, -0.2) is 17.6 Å². The van der Waals surface area contributed by atoms with Crippen LogP contribution >= 0.6 is 0 Å². The molecule has 7 heteroatoms. The van der Waals surface area contributed by atoms with E-state index in [0.717, 1.165) is 6.07 Å². The Hall–Kier alpha value is -2.31. The highest BCUT2D eigenvalue weighted by Gasteiger charge is 2.38. The van der Waals surface area contributed by atoms with Gasteiger partial charge in [0.2, 0.25) is 0 Å². The first kappa shape index (κ1) is 14.1. The molecule has 0 spiro atoms. The molecule has 2 rings (SSSR count). The lowest BCUT2D eigenvalue weighted by Gasteiger charge is -2.12. The number of halogens is 3. The highest BCUT2D eigenvalue weighted by Crippen LogP contribution is 2.33. The van der Waals surface area contributed by atoms with Crippen molar-refractivity contribution in [3.8, 4) is 0 Å². The Morgan fingerprint density at radius 2 is 2.05 bits per heavy atom. The molecule has 1 aromatic carbocycles. The van der Waals surface area contributed by atoms with Gasteiger partial charge < -0.3 is 10.5 Å². The van der Waals surface area contributed by atoms with E-state index in [1.54, 1.807) is 0 Å². The summed E-state index contributed by atoms with van der Waals surface area (Å²) in [5.74, 6) is -1.05. The molecule has 0 saturated heterocycles. The molecule has 0 aliphatic rings. The molecule has 2 aromatic rings. The number of aromatic nitrogens is 1. The first-order valence-electron chi connectivity index (χ1n) is 5.77. The van der Waals surface area contributed by atoms with Crippen molar-refractivity contribution >= 4 is 22.6 Å². The van der Waals surface area contributed by atoms with Crippen LogP contribution in [0, 0.1) is 0 Å². The van der Waals surface area contributed by atoms with Crippen molar-refractivity contribution < 1.29 is 22.7 Å². The van der Waals surface area contributed by atoms with Gasteiger partial charge in [-0.3, -0.25) is 0 Å². The van der Waals surface area contributed by atoms with Crippen molar-refractivity contribution in [2.45, 2.75) is 13.1 Å². The Morgan fingerprint density at radius 1 is 1.35 bits per heavy atom. The minimum Gasteiger partial charge on any atom is -0.462 e. The lowest BCUT2D eigenvalue weighted by Crippen LogP contribution is -2.17. The monoisotopic (exact) mass is 284 g/mol. The number of carbonyl (C=O) groups is 1. The van der Waals surface area contributed by atoms with Gasteiger partial charge >= 0.3 is 12.1 Å². The molecule has 20 heavy (non-hydrogen) atoms. The van der Waals surface area contributed by atoms with E-state index < -0.39 is 23.4 Å². The zero-order valence-corrected chi connectivity index (χ0v) is 10.5. The van der Waals surface area contributed by atoms with E-state index in [4.69, 9.17) is 5.73 Å². The Kier molecular flexibility index (Phi) is 3.52. The summed E-state index contributed by atoms with van der Waals surface area (Å²) in [6.07, 6.45) is -4.75. The van der Waals surface area contributed by atoms with Crippen LogP contribution < -0.4 is 5.73 Å². The van der Waals surface area contributed by atoms with Crippen LogP contribution in [0.2, 0.25) is 0 Å². The molecule has 0 saturated carbocycles. The van der Waals surface area contributed by atoms with Gasteiger partial charge in [-0.1, -0.05) is 6.07 Å². The largest absolute Gasteiger partial charge is 0.462 e. The minimum absolute atomic E-state index is 0.0180. The summed E-state index contributed by atoms with van der Waals surface area (Å²) in [5.41, 5.74) is 4.01. The summed E-state index contributed by atoms with van der Waals surface area (Å²) in [5, 5.41) is 0.384. The van der Waals surface area contributed by atoms with Crippen molar-refractivity contribution in [1.29, 1.82) is 0 Å². The number of hydrogen-bond acceptors (Lipinski definition) is 4. The minimum atomic E-state index is -4.75. The molecule has 0 amide bonds. The van der Waals surface area contributed by atoms with Crippen LogP contribution in [0.15, 0.2) is 24.3 Å². The Morgan fingerprint density at radius 3 is 2.65 bits per heavy atom. The third kappa shape index (κ3) is 2.66. The van der Waals surface area contributed by atoms with Gasteiger partial charge in [-0.2, -0.15) is 13.2 Å². The van der Waals surface area contributed by atoms with E-state index in [0.29, 0.717) is 11.1 Å². The van der Waals surface area contributed by atoms with Gasteiger partial charge in [0.25, 0.3) is 0 Å². The molecule has 0 fully saturated rings. The predicted molar refractivity (Wildman–Crippen MR) is 67.1 cm³/mol. The molecule has 1 aromatic heterocycles. The zero-order valence-electron chi connectivity index (χ0n) is 10.5. The first-order chi connectivity index (χ1) is 9.32. The smallest absolute Gasteiger partial charge is 0.434 e. The molecule has 0 unspecified atom stereocenters. The maximum Gasteiger partial charge on any atom is 0.434 e. The molecule has 0 aliphatic heterocycles. The average molecular weight is 284 g/mol. The number of alkyl halides is 3. The highest BCUT2D eigenvalue weighted by molar-refractivity contribution is 5.96. The maximum absolute atomic E-state index is 13.0. The highest BCUT2D eigenvalue weighted by atomic mass is 19.4. The van der Waals surface area contributed by atoms with Crippen LogP contribution in [0.3, 0.4) is 0 Å². The number of esters is 1. The first-order valence-corrected chi connectivity index (χ1v) is 5.77. The maximum atomic E-state index is 13.0. The standard InChI is InChI=1S/C13H11F3N2O2/c1-2-20-12(19)9-5-7-3-4-8(17)6-10(7)18-11(9)13(14,15)16/h3-6H,2,17H2,1H3. The number of nitrogens with two attached hydrogens (primary N) is 1. The molecular formula is C13H11F3N2O2. The van der Waals surface area contributed by atoms with Gasteiger partial charge in [0.1, 0.15) is 0 Å². The number of carbonyl (C=O) groups excluding carboxylic acids is 1. The Labute approximate surface area is 112 Å². The van der Waals surface area contributed by atoms with Gasteiger partial charge in [0.15, 0.2) is 5.69 Å². The summed E-state index contributed by atoms with van der Waals surface area (Å²) < 4.78 is 43.6. The van der Waals surface area contributed by atoms with Crippen molar-refractivity contribution in [2.75, 3.05) is 12.3 Å². The van der Waals surface area contributed by atoms with Gasteiger partial charge in [0.05, 0.1) is 17.7 Å². The van der Waals surface area contributed by atoms with E-state index in [2.05, 4.69) is 9.72 Å². The molecular weight excluding hydrogens is 273 g/mol. The number of benzene rings is 1. The predicted octanol–water partition coefficient (Wildman–Crippen LogP) is 3.01. The summed E-state index contributed by atoms with van der Waals surface area (Å²) in [6, 6.07) is 5.45. The lowest BCUT2D eigenvalue weighted by atomic mass is 10.1. The summed E-state index contributed by atoms with van der Waals surface area (Å²) in [7, 11) is 0. The quantitative estimate of drug-likeness (QED) is 0.680. The van der Waals surface area contributed by atoms with Crippen LogP contribution in [0.25, 0.3) is 10.9 Å². The number of nitrogens with zero attached hydrogens (tertiary/aromatic N) is 1. The van der Waals surface area contributed by atoms with E-state index in [1.807, 2.05) is 0 Å². The SMILES string of the molecule is CCOC(=O)c1cc2ccc(N)cc2nc1C(F)(F)F. The van der Waals surface area contributed by atoms with E-state index in [1.165, 1.54) is 25.1 Å². The number of anilines is 1. The second-order valence-corrected chi connectivity index (χ2v) is 4.05. The number of hydrogen-bond donors (Lipinski definition) is 1. The normalized spacial score (nSPS) is 11.6. The summed E-state index contributed by atoms with van der Waals surface area (Å²) in [4.78, 5) is 15.1. The summed E-state index contributed by atoms with van der Waals surface area (Å²) >= 11 is 0. The Bertz CT molecular complexity index is 668. The fourth-order valence-corrected chi connectivity index (χ4v) is 1.76. The van der Waals surface area contributed by atoms with Gasteiger partial charge in [0, 0.05) is 11.1 Å². The van der Waals surface area contributed by atoms with Crippen LogP contribution in [0.1, 0.15) is 23.0 Å². The molecule has 106 valence electrons. The van der Waals surface area contributed by atoms with Crippen LogP contribution in [0.4, 0.5) is 18.9 Å². The molecule has 1 heterocycles. The number of ether oxygens (including phenoxy) is 1. The molecule has 4 nitrogen and oxygen atoms in total. The van der Waals surface area contributed by atoms with Gasteiger partial charge in [-0.05, 0) is 25.1 Å². The fourth-order valence-electron chi connectivity index (χ4n) is 1.76.